The molecule has 0 aliphatic carbocycles. The predicted molar refractivity (Wildman–Crippen MR) is 83.2 cm³/mol. The molecule has 7 nitrogen and oxygen atoms in total. The monoisotopic (exact) mass is 340 g/mol. The molecule has 0 saturated carbocycles. The molecule has 126 valence electrons. The highest BCUT2D eigenvalue weighted by atomic mass is 32.2. The Hall–Kier alpha value is -1.93. The number of benzene rings is 1. The maximum absolute atomic E-state index is 12.4. The van der Waals surface area contributed by atoms with Crippen LogP contribution in [0.5, 0.6) is 0 Å². The van der Waals surface area contributed by atoms with E-state index < -0.39 is 21.9 Å². The molecule has 1 N–H and O–H groups in total. The molecule has 1 fully saturated rings. The van der Waals surface area contributed by atoms with Crippen molar-refractivity contribution in [1.29, 1.82) is 0 Å². The number of piperidine rings is 1. The highest BCUT2D eigenvalue weighted by Crippen LogP contribution is 2.18. The van der Waals surface area contributed by atoms with E-state index in [9.17, 15) is 18.0 Å². The average molecular weight is 340 g/mol. The van der Waals surface area contributed by atoms with E-state index in [0.29, 0.717) is 19.4 Å². The van der Waals surface area contributed by atoms with Crippen molar-refractivity contribution in [3.63, 3.8) is 0 Å². The van der Waals surface area contributed by atoms with Gasteiger partial charge in [-0.1, -0.05) is 18.2 Å². The lowest BCUT2D eigenvalue weighted by Gasteiger charge is -2.31. The summed E-state index contributed by atoms with van der Waals surface area (Å²) in [6, 6.07) is 7.88. The zero-order valence-corrected chi connectivity index (χ0v) is 13.7. The summed E-state index contributed by atoms with van der Waals surface area (Å²) < 4.78 is 25.8. The van der Waals surface area contributed by atoms with Crippen LogP contribution in [-0.4, -0.2) is 61.3 Å². The molecule has 0 bridgehead atoms. The Bertz CT molecular complexity index is 674. The van der Waals surface area contributed by atoms with Gasteiger partial charge in [-0.15, -0.1) is 0 Å². The molecule has 1 saturated heterocycles. The highest BCUT2D eigenvalue weighted by molar-refractivity contribution is 7.89. The van der Waals surface area contributed by atoms with Crippen LogP contribution in [0.25, 0.3) is 0 Å². The van der Waals surface area contributed by atoms with Gasteiger partial charge in [0.15, 0.2) is 0 Å². The van der Waals surface area contributed by atoms with Crippen molar-refractivity contribution >= 4 is 21.9 Å². The van der Waals surface area contributed by atoms with Crippen molar-refractivity contribution in [1.82, 2.24) is 9.21 Å². The summed E-state index contributed by atoms with van der Waals surface area (Å²) in [5.41, 5.74) is 0. The van der Waals surface area contributed by atoms with Crippen molar-refractivity contribution in [3.8, 4) is 0 Å². The second-order valence-corrected chi connectivity index (χ2v) is 7.64. The summed E-state index contributed by atoms with van der Waals surface area (Å²) in [7, 11) is -2.39. The van der Waals surface area contributed by atoms with Crippen LogP contribution in [0.4, 0.5) is 0 Å². The third kappa shape index (κ3) is 4.08. The van der Waals surface area contributed by atoms with Crippen LogP contribution in [0.1, 0.15) is 12.8 Å². The highest BCUT2D eigenvalue weighted by Gasteiger charge is 2.30. The minimum absolute atomic E-state index is 0.123. The van der Waals surface area contributed by atoms with Crippen molar-refractivity contribution in [2.45, 2.75) is 17.7 Å². The zero-order valence-electron chi connectivity index (χ0n) is 12.9. The van der Waals surface area contributed by atoms with Crippen molar-refractivity contribution in [3.05, 3.63) is 30.3 Å². The van der Waals surface area contributed by atoms with Gasteiger partial charge in [0.2, 0.25) is 15.9 Å². The molecule has 0 aromatic heterocycles. The number of rotatable bonds is 5. The van der Waals surface area contributed by atoms with Crippen LogP contribution in [0.2, 0.25) is 0 Å². The first-order valence-corrected chi connectivity index (χ1v) is 8.78. The molecule has 1 heterocycles. The van der Waals surface area contributed by atoms with E-state index in [1.807, 2.05) is 0 Å². The first-order chi connectivity index (χ1) is 10.8. The summed E-state index contributed by atoms with van der Waals surface area (Å²) in [6.07, 6.45) is 1.15. The average Bonchev–Trinajstić information content (AvgIpc) is 2.55. The quantitative estimate of drug-likeness (QED) is 0.848. The lowest BCUT2D eigenvalue weighted by molar-refractivity contribution is -0.145. The number of nitrogens with zero attached hydrogens (tertiary/aromatic N) is 2. The Morgan fingerprint density at radius 2 is 1.96 bits per heavy atom. The van der Waals surface area contributed by atoms with E-state index in [1.165, 1.54) is 24.1 Å². The predicted octanol–water partition coefficient (Wildman–Crippen LogP) is 0.630. The Balaban J connectivity index is 2.03. The lowest BCUT2D eigenvalue weighted by Crippen LogP contribution is -2.46. The van der Waals surface area contributed by atoms with Crippen LogP contribution in [0, 0.1) is 5.92 Å². The van der Waals surface area contributed by atoms with Crippen LogP contribution in [0.15, 0.2) is 35.2 Å². The Kier molecular flexibility index (Phi) is 5.38. The van der Waals surface area contributed by atoms with Gasteiger partial charge in [0.25, 0.3) is 0 Å². The zero-order chi connectivity index (χ0) is 17.0. The maximum Gasteiger partial charge on any atom is 0.308 e. The third-order valence-electron chi connectivity index (χ3n) is 3.93. The molecule has 0 radical (unpaired) electrons. The van der Waals surface area contributed by atoms with E-state index in [-0.39, 0.29) is 23.9 Å². The smallest absolute Gasteiger partial charge is 0.308 e. The number of likely N-dealkylation sites (N-methyl/N-ethyl adjacent to an activating group) is 1. The molecule has 1 aliphatic heterocycles. The molecule has 1 aliphatic rings. The largest absolute Gasteiger partial charge is 0.481 e. The second-order valence-electron chi connectivity index (χ2n) is 5.59. The number of sulfonamides is 1. The SMILES string of the molecule is CN(CC(=O)N1CCC[C@H](C(=O)O)C1)S(=O)(=O)c1ccccc1. The fourth-order valence-corrected chi connectivity index (χ4v) is 3.69. The fourth-order valence-electron chi connectivity index (χ4n) is 2.55. The van der Waals surface area contributed by atoms with E-state index in [2.05, 4.69) is 0 Å². The fraction of sp³-hybridized carbons (Fsp3) is 0.467. The molecule has 1 atom stereocenters. The molecular formula is C15H20N2O5S. The standard InChI is InChI=1S/C15H20N2O5S/c1-16(23(21,22)13-7-3-2-4-8-13)11-14(18)17-9-5-6-12(10-17)15(19)20/h2-4,7-8,12H,5-6,9-11H2,1H3,(H,19,20)/t12-/m0/s1. The van der Waals surface area contributed by atoms with E-state index in [4.69, 9.17) is 5.11 Å². The van der Waals surface area contributed by atoms with Gasteiger partial charge in [-0.05, 0) is 25.0 Å². The Morgan fingerprint density at radius 3 is 2.57 bits per heavy atom. The molecule has 1 aromatic rings. The van der Waals surface area contributed by atoms with Crippen LogP contribution in [-0.2, 0) is 19.6 Å². The van der Waals surface area contributed by atoms with E-state index in [1.54, 1.807) is 18.2 Å². The normalized spacial score (nSPS) is 18.9. The molecule has 1 aromatic carbocycles. The Labute approximate surface area is 135 Å². The second kappa shape index (κ2) is 7.10. The van der Waals surface area contributed by atoms with Crippen LogP contribution in [0.3, 0.4) is 0 Å². The van der Waals surface area contributed by atoms with Gasteiger partial charge >= 0.3 is 5.97 Å². The van der Waals surface area contributed by atoms with Gasteiger partial charge in [0, 0.05) is 20.1 Å². The minimum Gasteiger partial charge on any atom is -0.481 e. The number of carbonyl (C=O) groups excluding carboxylic acids is 1. The first kappa shape index (κ1) is 17.4. The minimum atomic E-state index is -3.73. The van der Waals surface area contributed by atoms with Crippen molar-refractivity contribution in [2.75, 3.05) is 26.7 Å². The van der Waals surface area contributed by atoms with E-state index in [0.717, 1.165) is 4.31 Å². The molecule has 1 amide bonds. The molecule has 2 rings (SSSR count). The molecular weight excluding hydrogens is 320 g/mol. The van der Waals surface area contributed by atoms with E-state index >= 15 is 0 Å². The number of likely N-dealkylation sites (tertiary alicyclic amines) is 1. The Morgan fingerprint density at radius 1 is 1.30 bits per heavy atom. The number of hydrogen-bond acceptors (Lipinski definition) is 4. The maximum atomic E-state index is 12.4. The summed E-state index contributed by atoms with van der Waals surface area (Å²) in [5.74, 6) is -1.88. The van der Waals surface area contributed by atoms with Crippen LogP contribution < -0.4 is 0 Å². The van der Waals surface area contributed by atoms with Crippen molar-refractivity contribution < 1.29 is 23.1 Å². The van der Waals surface area contributed by atoms with Gasteiger partial charge in [-0.2, -0.15) is 4.31 Å². The summed E-state index contributed by atoms with van der Waals surface area (Å²) in [5, 5.41) is 9.05. The summed E-state index contributed by atoms with van der Waals surface area (Å²) >= 11 is 0. The summed E-state index contributed by atoms with van der Waals surface area (Å²) in [6.45, 7) is 0.290. The number of carboxylic acids is 1. The van der Waals surface area contributed by atoms with Gasteiger partial charge in [0.1, 0.15) is 0 Å². The molecule has 0 spiro atoms. The molecule has 0 unspecified atom stereocenters. The molecule has 23 heavy (non-hydrogen) atoms. The third-order valence-corrected chi connectivity index (χ3v) is 5.75. The van der Waals surface area contributed by atoms with Gasteiger partial charge in [0.05, 0.1) is 17.4 Å². The van der Waals surface area contributed by atoms with Crippen LogP contribution >= 0.6 is 0 Å². The van der Waals surface area contributed by atoms with Gasteiger partial charge in [-0.25, -0.2) is 8.42 Å². The van der Waals surface area contributed by atoms with Gasteiger partial charge in [-0.3, -0.25) is 9.59 Å². The first-order valence-electron chi connectivity index (χ1n) is 7.34. The summed E-state index contributed by atoms with van der Waals surface area (Å²) in [4.78, 5) is 24.9. The number of carbonyl (C=O) groups is 2. The number of amides is 1. The number of aliphatic carboxylic acids is 1. The number of hydrogen-bond donors (Lipinski definition) is 1. The van der Waals surface area contributed by atoms with Gasteiger partial charge < -0.3 is 10.0 Å². The topological polar surface area (TPSA) is 95.0 Å². The molecule has 8 heteroatoms. The lowest BCUT2D eigenvalue weighted by atomic mass is 9.98. The number of carboxylic acid groups (broad SMARTS) is 1. The van der Waals surface area contributed by atoms with Crippen molar-refractivity contribution in [2.24, 2.45) is 5.92 Å².